The maximum Gasteiger partial charge on any atom is 0.128 e. The van der Waals surface area contributed by atoms with E-state index >= 15 is 0 Å². The average Bonchev–Trinajstić information content (AvgIpc) is 2.72. The van der Waals surface area contributed by atoms with E-state index in [9.17, 15) is 0 Å². The third kappa shape index (κ3) is 3.20. The van der Waals surface area contributed by atoms with Gasteiger partial charge in [0.25, 0.3) is 0 Å². The van der Waals surface area contributed by atoms with Crippen LogP contribution in [-0.4, -0.2) is 24.1 Å². The second-order valence-corrected chi connectivity index (χ2v) is 6.16. The Morgan fingerprint density at radius 2 is 2.05 bits per heavy atom. The van der Waals surface area contributed by atoms with Crippen molar-refractivity contribution in [1.29, 1.82) is 0 Å². The largest absolute Gasteiger partial charge is 0.381 e. The van der Waals surface area contributed by atoms with Gasteiger partial charge in [-0.1, -0.05) is 20.3 Å². The van der Waals surface area contributed by atoms with E-state index in [0.29, 0.717) is 11.5 Å². The summed E-state index contributed by atoms with van der Waals surface area (Å²) in [6, 6.07) is 4.86. The molecule has 1 aromatic rings. The Kier molecular flexibility index (Phi) is 4.33. The van der Waals surface area contributed by atoms with Crippen LogP contribution in [0.5, 0.6) is 0 Å². The molecule has 19 heavy (non-hydrogen) atoms. The smallest absolute Gasteiger partial charge is 0.128 e. The van der Waals surface area contributed by atoms with E-state index in [1.54, 1.807) is 0 Å². The summed E-state index contributed by atoms with van der Waals surface area (Å²) in [5.41, 5.74) is 1.55. The molecule has 1 aliphatic carbocycles. The van der Waals surface area contributed by atoms with Crippen LogP contribution in [0.2, 0.25) is 0 Å². The van der Waals surface area contributed by atoms with E-state index < -0.39 is 0 Å². The molecule has 1 atom stereocenters. The van der Waals surface area contributed by atoms with Crippen LogP contribution in [0, 0.1) is 5.41 Å². The van der Waals surface area contributed by atoms with Crippen molar-refractivity contribution in [2.24, 2.45) is 5.41 Å². The number of nitrogens with zero attached hydrogens (tertiary/aromatic N) is 2. The summed E-state index contributed by atoms with van der Waals surface area (Å²) in [6.45, 7) is 11.1. The number of pyridine rings is 1. The van der Waals surface area contributed by atoms with Crippen molar-refractivity contribution in [1.82, 2.24) is 4.98 Å². The molecular formula is C16H27N3. The Morgan fingerprint density at radius 3 is 2.53 bits per heavy atom. The Labute approximate surface area is 117 Å². The fourth-order valence-electron chi connectivity index (χ4n) is 3.00. The van der Waals surface area contributed by atoms with Gasteiger partial charge in [0.05, 0.1) is 11.9 Å². The molecule has 0 aliphatic heterocycles. The molecule has 3 nitrogen and oxygen atoms in total. The first kappa shape index (κ1) is 14.2. The molecule has 1 N–H and O–H groups in total. The molecule has 3 heteroatoms. The SMILES string of the molecule is CCN(CC)c1ccc(NC2CCCC2(C)C)cn1. The van der Waals surface area contributed by atoms with Gasteiger partial charge in [-0.2, -0.15) is 0 Å². The van der Waals surface area contributed by atoms with E-state index in [0.717, 1.165) is 24.6 Å². The summed E-state index contributed by atoms with van der Waals surface area (Å²) in [5.74, 6) is 1.07. The number of hydrogen-bond acceptors (Lipinski definition) is 3. The van der Waals surface area contributed by atoms with E-state index in [4.69, 9.17) is 0 Å². The van der Waals surface area contributed by atoms with E-state index in [-0.39, 0.29) is 0 Å². The summed E-state index contributed by atoms with van der Waals surface area (Å²) in [7, 11) is 0. The van der Waals surface area contributed by atoms with Crippen molar-refractivity contribution < 1.29 is 0 Å². The van der Waals surface area contributed by atoms with Crippen molar-refractivity contribution in [3.05, 3.63) is 18.3 Å². The van der Waals surface area contributed by atoms with Crippen LogP contribution < -0.4 is 10.2 Å². The Bertz CT molecular complexity index is 393. The zero-order chi connectivity index (χ0) is 13.9. The molecule has 0 aromatic carbocycles. The maximum atomic E-state index is 4.57. The van der Waals surface area contributed by atoms with Crippen molar-refractivity contribution >= 4 is 11.5 Å². The lowest BCUT2D eigenvalue weighted by Gasteiger charge is -2.29. The fourth-order valence-corrected chi connectivity index (χ4v) is 3.00. The molecule has 0 amide bonds. The predicted molar refractivity (Wildman–Crippen MR) is 82.8 cm³/mol. The van der Waals surface area contributed by atoms with Gasteiger partial charge >= 0.3 is 0 Å². The normalized spacial score (nSPS) is 21.4. The number of anilines is 2. The van der Waals surface area contributed by atoms with Gasteiger partial charge < -0.3 is 10.2 Å². The maximum absolute atomic E-state index is 4.57. The van der Waals surface area contributed by atoms with Crippen LogP contribution in [0.15, 0.2) is 18.3 Å². The highest BCUT2D eigenvalue weighted by atomic mass is 15.2. The fraction of sp³-hybridized carbons (Fsp3) is 0.688. The highest BCUT2D eigenvalue weighted by Gasteiger charge is 2.34. The number of nitrogens with one attached hydrogen (secondary N) is 1. The zero-order valence-electron chi connectivity index (χ0n) is 12.7. The number of hydrogen-bond donors (Lipinski definition) is 1. The zero-order valence-corrected chi connectivity index (χ0v) is 12.7. The van der Waals surface area contributed by atoms with Gasteiger partial charge in [-0.05, 0) is 44.2 Å². The van der Waals surface area contributed by atoms with Gasteiger partial charge in [0.15, 0.2) is 0 Å². The first-order valence-corrected chi connectivity index (χ1v) is 7.54. The highest BCUT2D eigenvalue weighted by Crippen LogP contribution is 2.38. The van der Waals surface area contributed by atoms with Crippen LogP contribution >= 0.6 is 0 Å². The lowest BCUT2D eigenvalue weighted by molar-refractivity contribution is 0.350. The lowest BCUT2D eigenvalue weighted by Crippen LogP contribution is -2.30. The summed E-state index contributed by atoms with van der Waals surface area (Å²) in [6.07, 6.45) is 5.89. The van der Waals surface area contributed by atoms with Crippen LogP contribution in [0.25, 0.3) is 0 Å². The Morgan fingerprint density at radius 1 is 1.32 bits per heavy atom. The second-order valence-electron chi connectivity index (χ2n) is 6.16. The quantitative estimate of drug-likeness (QED) is 0.870. The molecule has 1 saturated carbocycles. The van der Waals surface area contributed by atoms with Gasteiger partial charge in [0, 0.05) is 19.1 Å². The molecule has 1 heterocycles. The molecule has 1 aliphatic rings. The van der Waals surface area contributed by atoms with E-state index in [1.165, 1.54) is 19.3 Å². The van der Waals surface area contributed by atoms with Crippen molar-refractivity contribution in [2.75, 3.05) is 23.3 Å². The molecule has 0 saturated heterocycles. The van der Waals surface area contributed by atoms with Gasteiger partial charge in [0.2, 0.25) is 0 Å². The molecule has 0 spiro atoms. The predicted octanol–water partition coefficient (Wildman–Crippen LogP) is 3.92. The average molecular weight is 261 g/mol. The number of rotatable bonds is 5. The van der Waals surface area contributed by atoms with E-state index in [2.05, 4.69) is 55.0 Å². The van der Waals surface area contributed by atoms with Crippen LogP contribution in [-0.2, 0) is 0 Å². The number of aromatic nitrogens is 1. The first-order valence-electron chi connectivity index (χ1n) is 7.54. The van der Waals surface area contributed by atoms with Crippen LogP contribution in [0.4, 0.5) is 11.5 Å². The Hall–Kier alpha value is -1.25. The van der Waals surface area contributed by atoms with Gasteiger partial charge in [-0.3, -0.25) is 0 Å². The van der Waals surface area contributed by atoms with Crippen molar-refractivity contribution in [3.8, 4) is 0 Å². The summed E-state index contributed by atoms with van der Waals surface area (Å²) in [4.78, 5) is 6.84. The molecule has 0 bridgehead atoms. The van der Waals surface area contributed by atoms with Crippen molar-refractivity contribution in [2.45, 2.75) is 53.0 Å². The molecule has 1 aromatic heterocycles. The summed E-state index contributed by atoms with van der Waals surface area (Å²) in [5, 5.41) is 3.65. The minimum absolute atomic E-state index is 0.400. The summed E-state index contributed by atoms with van der Waals surface area (Å²) < 4.78 is 0. The molecule has 1 fully saturated rings. The monoisotopic (exact) mass is 261 g/mol. The topological polar surface area (TPSA) is 28.2 Å². The van der Waals surface area contributed by atoms with Crippen molar-refractivity contribution in [3.63, 3.8) is 0 Å². The third-order valence-electron chi connectivity index (χ3n) is 4.43. The first-order chi connectivity index (χ1) is 9.06. The third-order valence-corrected chi connectivity index (χ3v) is 4.43. The lowest BCUT2D eigenvalue weighted by atomic mass is 9.87. The molecule has 106 valence electrons. The second kappa shape index (κ2) is 5.81. The van der Waals surface area contributed by atoms with Gasteiger partial charge in [-0.15, -0.1) is 0 Å². The Balaban J connectivity index is 2.03. The summed E-state index contributed by atoms with van der Waals surface area (Å²) >= 11 is 0. The minimum Gasteiger partial charge on any atom is -0.381 e. The molecule has 2 rings (SSSR count). The molecule has 0 radical (unpaired) electrons. The minimum atomic E-state index is 0.400. The molecular weight excluding hydrogens is 234 g/mol. The van der Waals surface area contributed by atoms with E-state index in [1.807, 2.05) is 6.20 Å². The van der Waals surface area contributed by atoms with Crippen LogP contribution in [0.3, 0.4) is 0 Å². The molecule has 1 unspecified atom stereocenters. The van der Waals surface area contributed by atoms with Crippen LogP contribution in [0.1, 0.15) is 47.0 Å². The highest BCUT2D eigenvalue weighted by molar-refractivity contribution is 5.49. The van der Waals surface area contributed by atoms with Gasteiger partial charge in [-0.25, -0.2) is 4.98 Å². The van der Waals surface area contributed by atoms with Gasteiger partial charge in [0.1, 0.15) is 5.82 Å². The standard InChI is InChI=1S/C16H27N3/c1-5-19(6-2)15-10-9-13(12-17-15)18-14-8-7-11-16(14,3)4/h9-10,12,14,18H,5-8,11H2,1-4H3.